The van der Waals surface area contributed by atoms with Gasteiger partial charge in [-0.1, -0.05) is 0 Å². The Kier molecular flexibility index (Phi) is 5.59. The smallest absolute Gasteiger partial charge is 0.319 e. The van der Waals surface area contributed by atoms with Crippen molar-refractivity contribution in [2.45, 2.75) is 20.3 Å². The molecule has 104 valence electrons. The molecule has 0 aliphatic rings. The lowest BCUT2D eigenvalue weighted by Gasteiger charge is -2.11. The Morgan fingerprint density at radius 2 is 2.21 bits per heavy atom. The van der Waals surface area contributed by atoms with Crippen LogP contribution >= 0.6 is 0 Å². The molecule has 1 rings (SSSR count). The zero-order valence-electron chi connectivity index (χ0n) is 10.9. The second-order valence-corrected chi connectivity index (χ2v) is 3.82. The number of urea groups is 1. The molecule has 0 saturated carbocycles. The van der Waals surface area contributed by atoms with Crippen LogP contribution in [0.3, 0.4) is 0 Å². The van der Waals surface area contributed by atoms with E-state index in [-0.39, 0.29) is 13.0 Å². The molecule has 0 radical (unpaired) electrons. The SMILES string of the molecule is CCOc1ncc(C)cc1NC(=O)NCCC(=O)O. The lowest BCUT2D eigenvalue weighted by atomic mass is 10.3. The van der Waals surface area contributed by atoms with E-state index in [1.54, 1.807) is 12.3 Å². The highest BCUT2D eigenvalue weighted by molar-refractivity contribution is 5.90. The van der Waals surface area contributed by atoms with Gasteiger partial charge in [-0.15, -0.1) is 0 Å². The zero-order valence-corrected chi connectivity index (χ0v) is 10.9. The summed E-state index contributed by atoms with van der Waals surface area (Å²) < 4.78 is 5.29. The minimum absolute atomic E-state index is 0.0599. The number of aliphatic carboxylic acids is 1. The van der Waals surface area contributed by atoms with E-state index in [2.05, 4.69) is 15.6 Å². The lowest BCUT2D eigenvalue weighted by Crippen LogP contribution is -2.30. The number of anilines is 1. The monoisotopic (exact) mass is 267 g/mol. The average Bonchev–Trinajstić information content (AvgIpc) is 2.32. The molecule has 19 heavy (non-hydrogen) atoms. The number of rotatable bonds is 6. The van der Waals surface area contributed by atoms with Gasteiger partial charge in [-0.3, -0.25) is 4.79 Å². The topological polar surface area (TPSA) is 101 Å². The molecule has 0 atom stereocenters. The average molecular weight is 267 g/mol. The largest absolute Gasteiger partial charge is 0.481 e. The molecule has 0 unspecified atom stereocenters. The number of carboxylic acids is 1. The van der Waals surface area contributed by atoms with Crippen LogP contribution in [-0.2, 0) is 4.79 Å². The molecule has 0 aliphatic carbocycles. The Balaban J connectivity index is 2.61. The number of aryl methyl sites for hydroxylation is 1. The van der Waals surface area contributed by atoms with Crippen molar-refractivity contribution < 1.29 is 19.4 Å². The van der Waals surface area contributed by atoms with Gasteiger partial charge in [-0.05, 0) is 25.5 Å². The van der Waals surface area contributed by atoms with E-state index in [0.717, 1.165) is 5.56 Å². The van der Waals surface area contributed by atoms with Gasteiger partial charge in [0.25, 0.3) is 0 Å². The standard InChI is InChI=1S/C12H17N3O4/c1-3-19-11-9(6-8(2)7-14-11)15-12(18)13-5-4-10(16)17/h6-7H,3-5H2,1-2H3,(H,16,17)(H2,13,15,18). The van der Waals surface area contributed by atoms with Crippen molar-refractivity contribution in [2.75, 3.05) is 18.5 Å². The van der Waals surface area contributed by atoms with Crippen molar-refractivity contribution in [1.29, 1.82) is 0 Å². The highest BCUT2D eigenvalue weighted by atomic mass is 16.5. The Labute approximate surface area is 111 Å². The van der Waals surface area contributed by atoms with Gasteiger partial charge in [0, 0.05) is 12.7 Å². The number of nitrogens with one attached hydrogen (secondary N) is 2. The summed E-state index contributed by atoms with van der Waals surface area (Å²) >= 11 is 0. The predicted molar refractivity (Wildman–Crippen MR) is 69.4 cm³/mol. The molecule has 1 heterocycles. The van der Waals surface area contributed by atoms with Gasteiger partial charge < -0.3 is 20.5 Å². The molecule has 0 fully saturated rings. The number of aromatic nitrogens is 1. The van der Waals surface area contributed by atoms with Crippen molar-refractivity contribution in [2.24, 2.45) is 0 Å². The Hall–Kier alpha value is -2.31. The first-order chi connectivity index (χ1) is 9.02. The minimum Gasteiger partial charge on any atom is -0.481 e. The summed E-state index contributed by atoms with van der Waals surface area (Å²) in [5.74, 6) is -0.631. The van der Waals surface area contributed by atoms with E-state index in [4.69, 9.17) is 9.84 Å². The third-order valence-electron chi connectivity index (χ3n) is 2.14. The number of nitrogens with zero attached hydrogens (tertiary/aromatic N) is 1. The second kappa shape index (κ2) is 7.20. The molecule has 0 spiro atoms. The summed E-state index contributed by atoms with van der Waals surface area (Å²) in [7, 11) is 0. The number of amides is 2. The molecule has 7 nitrogen and oxygen atoms in total. The molecule has 0 aliphatic heterocycles. The molecule has 2 amide bonds. The minimum atomic E-state index is -0.965. The zero-order chi connectivity index (χ0) is 14.3. The summed E-state index contributed by atoms with van der Waals surface area (Å²) in [5.41, 5.74) is 1.33. The second-order valence-electron chi connectivity index (χ2n) is 3.82. The molecule has 3 N–H and O–H groups in total. The summed E-state index contributed by atoms with van der Waals surface area (Å²) in [6.07, 6.45) is 1.51. The van der Waals surface area contributed by atoms with Crippen LogP contribution in [-0.4, -0.2) is 35.2 Å². The fourth-order valence-electron chi connectivity index (χ4n) is 1.35. The van der Waals surface area contributed by atoms with Crippen molar-refractivity contribution in [3.05, 3.63) is 17.8 Å². The first-order valence-electron chi connectivity index (χ1n) is 5.89. The van der Waals surface area contributed by atoms with Gasteiger partial charge in [0.05, 0.1) is 13.0 Å². The fraction of sp³-hybridized carbons (Fsp3) is 0.417. The van der Waals surface area contributed by atoms with Crippen molar-refractivity contribution in [3.8, 4) is 5.88 Å². The van der Waals surface area contributed by atoms with Crippen LogP contribution in [0.2, 0.25) is 0 Å². The quantitative estimate of drug-likeness (QED) is 0.723. The van der Waals surface area contributed by atoms with Gasteiger partial charge in [-0.25, -0.2) is 9.78 Å². The van der Waals surface area contributed by atoms with Crippen LogP contribution in [0.15, 0.2) is 12.3 Å². The number of hydrogen-bond acceptors (Lipinski definition) is 4. The molecular formula is C12H17N3O4. The third-order valence-corrected chi connectivity index (χ3v) is 2.14. The number of carbonyl (C=O) groups is 2. The Morgan fingerprint density at radius 1 is 1.47 bits per heavy atom. The summed E-state index contributed by atoms with van der Waals surface area (Å²) in [5, 5.41) is 13.5. The van der Waals surface area contributed by atoms with Crippen LogP contribution < -0.4 is 15.4 Å². The predicted octanol–water partition coefficient (Wildman–Crippen LogP) is 1.38. The van der Waals surface area contributed by atoms with E-state index in [9.17, 15) is 9.59 Å². The van der Waals surface area contributed by atoms with E-state index in [0.29, 0.717) is 18.2 Å². The van der Waals surface area contributed by atoms with Gasteiger partial charge in [0.2, 0.25) is 5.88 Å². The van der Waals surface area contributed by atoms with Gasteiger partial charge >= 0.3 is 12.0 Å². The number of pyridine rings is 1. The van der Waals surface area contributed by atoms with Crippen LogP contribution in [0.25, 0.3) is 0 Å². The molecular weight excluding hydrogens is 250 g/mol. The number of carbonyl (C=O) groups excluding carboxylic acids is 1. The maximum Gasteiger partial charge on any atom is 0.319 e. The number of carboxylic acid groups (broad SMARTS) is 1. The van der Waals surface area contributed by atoms with Crippen LogP contribution in [0.1, 0.15) is 18.9 Å². The van der Waals surface area contributed by atoms with Crippen LogP contribution in [0, 0.1) is 6.92 Å². The summed E-state index contributed by atoms with van der Waals surface area (Å²) in [6.45, 7) is 4.16. The number of hydrogen-bond donors (Lipinski definition) is 3. The summed E-state index contributed by atoms with van der Waals surface area (Å²) in [4.78, 5) is 26.0. The highest BCUT2D eigenvalue weighted by Gasteiger charge is 2.09. The molecule has 1 aromatic heterocycles. The van der Waals surface area contributed by atoms with Crippen molar-refractivity contribution in [1.82, 2.24) is 10.3 Å². The van der Waals surface area contributed by atoms with E-state index >= 15 is 0 Å². The normalized spacial score (nSPS) is 9.79. The van der Waals surface area contributed by atoms with E-state index in [1.807, 2.05) is 13.8 Å². The van der Waals surface area contributed by atoms with Crippen molar-refractivity contribution in [3.63, 3.8) is 0 Å². The first kappa shape index (κ1) is 14.7. The van der Waals surface area contributed by atoms with Gasteiger partial charge in [-0.2, -0.15) is 0 Å². The Bertz CT molecular complexity index is 462. The van der Waals surface area contributed by atoms with Crippen LogP contribution in [0.5, 0.6) is 5.88 Å². The van der Waals surface area contributed by atoms with Crippen molar-refractivity contribution >= 4 is 17.7 Å². The maximum absolute atomic E-state index is 11.6. The van der Waals surface area contributed by atoms with E-state index < -0.39 is 12.0 Å². The highest BCUT2D eigenvalue weighted by Crippen LogP contribution is 2.22. The molecule has 0 bridgehead atoms. The molecule has 0 aromatic carbocycles. The molecule has 0 saturated heterocycles. The first-order valence-corrected chi connectivity index (χ1v) is 5.89. The van der Waals surface area contributed by atoms with Gasteiger partial charge in [0.15, 0.2) is 0 Å². The molecule has 1 aromatic rings. The Morgan fingerprint density at radius 3 is 2.84 bits per heavy atom. The fourth-order valence-corrected chi connectivity index (χ4v) is 1.35. The van der Waals surface area contributed by atoms with E-state index in [1.165, 1.54) is 0 Å². The third kappa shape index (κ3) is 5.24. The van der Waals surface area contributed by atoms with Gasteiger partial charge in [0.1, 0.15) is 5.69 Å². The molecule has 7 heteroatoms. The summed E-state index contributed by atoms with van der Waals surface area (Å²) in [6, 6.07) is 1.24. The van der Waals surface area contributed by atoms with Crippen LogP contribution in [0.4, 0.5) is 10.5 Å². The maximum atomic E-state index is 11.6. The number of ether oxygens (including phenoxy) is 1. The lowest BCUT2D eigenvalue weighted by molar-refractivity contribution is -0.136.